The molecular formula is C15H16N4O. The molecule has 0 spiro atoms. The predicted octanol–water partition coefficient (Wildman–Crippen LogP) is 2.04. The molecule has 5 heteroatoms. The van der Waals surface area contributed by atoms with E-state index in [2.05, 4.69) is 46.1 Å². The van der Waals surface area contributed by atoms with Crippen molar-refractivity contribution in [1.82, 2.24) is 19.5 Å². The van der Waals surface area contributed by atoms with Crippen molar-refractivity contribution in [2.24, 2.45) is 0 Å². The van der Waals surface area contributed by atoms with Crippen molar-refractivity contribution in [3.8, 4) is 0 Å². The van der Waals surface area contributed by atoms with Gasteiger partial charge in [0, 0.05) is 13.0 Å². The molecule has 3 aromatic rings. The number of nitrogens with zero attached hydrogens (tertiary/aromatic N) is 3. The van der Waals surface area contributed by atoms with E-state index in [4.69, 9.17) is 0 Å². The number of aromatic nitrogens is 4. The lowest BCUT2D eigenvalue weighted by Gasteiger charge is -2.04. The van der Waals surface area contributed by atoms with Crippen LogP contribution in [0.1, 0.15) is 23.9 Å². The fraction of sp³-hybridized carbons (Fsp3) is 0.267. The van der Waals surface area contributed by atoms with Gasteiger partial charge in [0.15, 0.2) is 11.2 Å². The van der Waals surface area contributed by atoms with Gasteiger partial charge in [-0.1, -0.05) is 36.8 Å². The average molecular weight is 268 g/mol. The molecule has 0 saturated heterocycles. The Morgan fingerprint density at radius 1 is 1.25 bits per heavy atom. The third-order valence-corrected chi connectivity index (χ3v) is 3.34. The molecule has 0 aliphatic heterocycles. The summed E-state index contributed by atoms with van der Waals surface area (Å²) in [6.45, 7) is 4.62. The summed E-state index contributed by atoms with van der Waals surface area (Å²) < 4.78 is 1.84. The Morgan fingerprint density at radius 3 is 2.70 bits per heavy atom. The SMILES string of the molecule is CCc1nc2ncn(Cc3ccc(C)cc3)c2c(=O)[nH]1. The van der Waals surface area contributed by atoms with E-state index < -0.39 is 0 Å². The molecule has 0 amide bonds. The maximum Gasteiger partial charge on any atom is 0.277 e. The maximum absolute atomic E-state index is 12.1. The van der Waals surface area contributed by atoms with E-state index in [-0.39, 0.29) is 5.56 Å². The summed E-state index contributed by atoms with van der Waals surface area (Å²) >= 11 is 0. The number of imidazole rings is 1. The van der Waals surface area contributed by atoms with E-state index in [1.54, 1.807) is 6.33 Å². The first-order chi connectivity index (χ1) is 9.67. The highest BCUT2D eigenvalue weighted by Gasteiger charge is 2.10. The number of fused-ring (bicyclic) bond motifs is 1. The fourth-order valence-electron chi connectivity index (χ4n) is 2.21. The summed E-state index contributed by atoms with van der Waals surface area (Å²) in [5.41, 5.74) is 3.27. The van der Waals surface area contributed by atoms with E-state index in [0.29, 0.717) is 30.0 Å². The van der Waals surface area contributed by atoms with Crippen molar-refractivity contribution >= 4 is 11.2 Å². The van der Waals surface area contributed by atoms with Crippen LogP contribution in [0.3, 0.4) is 0 Å². The minimum Gasteiger partial charge on any atom is -0.320 e. The summed E-state index contributed by atoms with van der Waals surface area (Å²) in [6.07, 6.45) is 2.36. The van der Waals surface area contributed by atoms with Gasteiger partial charge < -0.3 is 9.55 Å². The monoisotopic (exact) mass is 268 g/mol. The Kier molecular flexibility index (Phi) is 3.10. The maximum atomic E-state index is 12.1. The van der Waals surface area contributed by atoms with Gasteiger partial charge in [-0.05, 0) is 12.5 Å². The van der Waals surface area contributed by atoms with Crippen LogP contribution in [-0.2, 0) is 13.0 Å². The Hall–Kier alpha value is -2.43. The lowest BCUT2D eigenvalue weighted by molar-refractivity contribution is 0.816. The van der Waals surface area contributed by atoms with Crippen molar-refractivity contribution in [2.75, 3.05) is 0 Å². The van der Waals surface area contributed by atoms with Gasteiger partial charge >= 0.3 is 0 Å². The van der Waals surface area contributed by atoms with Crippen LogP contribution in [0.15, 0.2) is 35.4 Å². The van der Waals surface area contributed by atoms with Crippen LogP contribution >= 0.6 is 0 Å². The second-order valence-corrected chi connectivity index (χ2v) is 4.90. The molecule has 0 radical (unpaired) electrons. The van der Waals surface area contributed by atoms with E-state index in [1.165, 1.54) is 5.56 Å². The van der Waals surface area contributed by atoms with Crippen molar-refractivity contribution < 1.29 is 0 Å². The van der Waals surface area contributed by atoms with Gasteiger partial charge in [-0.2, -0.15) is 0 Å². The van der Waals surface area contributed by atoms with Crippen molar-refractivity contribution in [3.63, 3.8) is 0 Å². The second kappa shape index (κ2) is 4.92. The van der Waals surface area contributed by atoms with Crippen LogP contribution in [0.25, 0.3) is 11.2 Å². The lowest BCUT2D eigenvalue weighted by atomic mass is 10.1. The van der Waals surface area contributed by atoms with Gasteiger partial charge in [-0.15, -0.1) is 0 Å². The summed E-state index contributed by atoms with van der Waals surface area (Å²) in [5.74, 6) is 0.670. The molecule has 0 saturated carbocycles. The molecule has 2 aromatic heterocycles. The number of rotatable bonds is 3. The molecular weight excluding hydrogens is 252 g/mol. The normalized spacial score (nSPS) is 11.1. The van der Waals surface area contributed by atoms with E-state index in [0.717, 1.165) is 5.56 Å². The molecule has 0 fully saturated rings. The van der Waals surface area contributed by atoms with Crippen LogP contribution in [0.5, 0.6) is 0 Å². The number of hydrogen-bond donors (Lipinski definition) is 1. The van der Waals surface area contributed by atoms with Crippen LogP contribution < -0.4 is 5.56 Å². The number of aryl methyl sites for hydroxylation is 2. The molecule has 3 rings (SSSR count). The Bertz CT molecular complexity index is 799. The van der Waals surface area contributed by atoms with E-state index in [1.807, 2.05) is 11.5 Å². The molecule has 0 unspecified atom stereocenters. The second-order valence-electron chi connectivity index (χ2n) is 4.90. The Labute approximate surface area is 116 Å². The summed E-state index contributed by atoms with van der Waals surface area (Å²) in [7, 11) is 0. The molecule has 1 N–H and O–H groups in total. The van der Waals surface area contributed by atoms with Gasteiger partial charge in [0.25, 0.3) is 5.56 Å². The highest BCUT2D eigenvalue weighted by atomic mass is 16.1. The highest BCUT2D eigenvalue weighted by molar-refractivity contribution is 5.69. The van der Waals surface area contributed by atoms with Gasteiger partial charge in [0.05, 0.1) is 6.33 Å². The first kappa shape index (κ1) is 12.6. The minimum absolute atomic E-state index is 0.128. The van der Waals surface area contributed by atoms with Crippen LogP contribution in [0.2, 0.25) is 0 Å². The van der Waals surface area contributed by atoms with E-state index in [9.17, 15) is 4.79 Å². The molecule has 0 aliphatic carbocycles. The Balaban J connectivity index is 2.04. The zero-order chi connectivity index (χ0) is 14.1. The number of H-pyrrole nitrogens is 1. The van der Waals surface area contributed by atoms with Crippen molar-refractivity contribution in [1.29, 1.82) is 0 Å². The topological polar surface area (TPSA) is 63.6 Å². The first-order valence-corrected chi connectivity index (χ1v) is 6.67. The predicted molar refractivity (Wildman–Crippen MR) is 77.8 cm³/mol. The van der Waals surface area contributed by atoms with Gasteiger partial charge in [-0.25, -0.2) is 9.97 Å². The summed E-state index contributed by atoms with van der Waals surface area (Å²) in [6, 6.07) is 8.24. The van der Waals surface area contributed by atoms with Gasteiger partial charge in [0.2, 0.25) is 0 Å². The molecule has 5 nitrogen and oxygen atoms in total. The quantitative estimate of drug-likeness (QED) is 0.790. The van der Waals surface area contributed by atoms with Crippen LogP contribution in [0, 0.1) is 6.92 Å². The zero-order valence-corrected chi connectivity index (χ0v) is 11.6. The summed E-state index contributed by atoms with van der Waals surface area (Å²) in [4.78, 5) is 23.5. The number of nitrogens with one attached hydrogen (secondary N) is 1. The molecule has 0 aliphatic rings. The molecule has 2 heterocycles. The molecule has 0 bridgehead atoms. The average Bonchev–Trinajstić information content (AvgIpc) is 2.85. The molecule has 20 heavy (non-hydrogen) atoms. The number of aromatic amines is 1. The molecule has 102 valence electrons. The Morgan fingerprint density at radius 2 is 2.00 bits per heavy atom. The van der Waals surface area contributed by atoms with Crippen LogP contribution in [0.4, 0.5) is 0 Å². The van der Waals surface area contributed by atoms with Crippen molar-refractivity contribution in [3.05, 3.63) is 57.9 Å². The zero-order valence-electron chi connectivity index (χ0n) is 11.6. The standard InChI is InChI=1S/C15H16N4O/c1-3-12-17-14-13(15(20)18-12)19(9-16-14)8-11-6-4-10(2)5-7-11/h4-7,9H,3,8H2,1-2H3,(H,17,18,20). The highest BCUT2D eigenvalue weighted by Crippen LogP contribution is 2.10. The first-order valence-electron chi connectivity index (χ1n) is 6.67. The lowest BCUT2D eigenvalue weighted by Crippen LogP contribution is -2.15. The van der Waals surface area contributed by atoms with Crippen molar-refractivity contribution in [2.45, 2.75) is 26.8 Å². The third kappa shape index (κ3) is 2.22. The fourth-order valence-corrected chi connectivity index (χ4v) is 2.21. The molecule has 0 atom stereocenters. The van der Waals surface area contributed by atoms with Gasteiger partial charge in [0.1, 0.15) is 5.82 Å². The van der Waals surface area contributed by atoms with Crippen LogP contribution in [-0.4, -0.2) is 19.5 Å². The largest absolute Gasteiger partial charge is 0.320 e. The summed E-state index contributed by atoms with van der Waals surface area (Å²) in [5, 5.41) is 0. The minimum atomic E-state index is -0.128. The third-order valence-electron chi connectivity index (χ3n) is 3.34. The number of benzene rings is 1. The molecule has 1 aromatic carbocycles. The van der Waals surface area contributed by atoms with E-state index >= 15 is 0 Å². The van der Waals surface area contributed by atoms with Gasteiger partial charge in [-0.3, -0.25) is 4.79 Å². The number of hydrogen-bond acceptors (Lipinski definition) is 3. The smallest absolute Gasteiger partial charge is 0.277 e.